The van der Waals surface area contributed by atoms with E-state index in [-0.39, 0.29) is 5.69 Å². The van der Waals surface area contributed by atoms with Crippen LogP contribution >= 0.6 is 11.8 Å². The van der Waals surface area contributed by atoms with Crippen molar-refractivity contribution < 1.29 is 9.72 Å². The predicted octanol–water partition coefficient (Wildman–Crippen LogP) is 4.66. The number of fused-ring (bicyclic) bond motifs is 1. The minimum Gasteiger partial charge on any atom is -0.328 e. The van der Waals surface area contributed by atoms with Gasteiger partial charge in [0.1, 0.15) is 12.0 Å². The van der Waals surface area contributed by atoms with Crippen LogP contribution in [0.25, 0.3) is 0 Å². The molecule has 2 N–H and O–H groups in total. The number of carbonyl (C=O) groups excluding carboxylic acids is 1. The van der Waals surface area contributed by atoms with Gasteiger partial charge in [-0.3, -0.25) is 19.9 Å². The number of benzene rings is 2. The second kappa shape index (κ2) is 10.0. The summed E-state index contributed by atoms with van der Waals surface area (Å²) in [5.74, 6) is -0.299. The zero-order valence-electron chi connectivity index (χ0n) is 18.9. The zero-order chi connectivity index (χ0) is 25.1. The molecule has 0 aliphatic carbocycles. The second-order valence-electron chi connectivity index (χ2n) is 8.06. The van der Waals surface area contributed by atoms with E-state index in [0.29, 0.717) is 33.8 Å². The van der Waals surface area contributed by atoms with Gasteiger partial charge in [-0.15, -0.1) is 5.10 Å². The third-order valence-corrected chi connectivity index (χ3v) is 6.62. The summed E-state index contributed by atoms with van der Waals surface area (Å²) in [6, 6.07) is 18.8. The van der Waals surface area contributed by atoms with Crippen molar-refractivity contribution in [3.05, 3.63) is 113 Å². The molecule has 2 aromatic heterocycles. The van der Waals surface area contributed by atoms with Crippen molar-refractivity contribution in [3.63, 3.8) is 0 Å². The van der Waals surface area contributed by atoms with Crippen LogP contribution in [0.2, 0.25) is 0 Å². The Morgan fingerprint density at radius 1 is 1.14 bits per heavy atom. The van der Waals surface area contributed by atoms with E-state index in [9.17, 15) is 14.9 Å². The summed E-state index contributed by atoms with van der Waals surface area (Å²) in [5, 5.41) is 22.9. The third kappa shape index (κ3) is 4.68. The molecule has 0 radical (unpaired) electrons. The molecule has 0 saturated heterocycles. The molecule has 1 amide bonds. The molecule has 2 unspecified atom stereocenters. The first-order chi connectivity index (χ1) is 17.5. The fourth-order valence-electron chi connectivity index (χ4n) is 4.09. The van der Waals surface area contributed by atoms with Crippen LogP contribution in [0.15, 0.2) is 96.6 Å². The molecule has 0 spiro atoms. The van der Waals surface area contributed by atoms with Crippen LogP contribution in [-0.2, 0) is 10.5 Å². The summed E-state index contributed by atoms with van der Waals surface area (Å²) in [5.41, 5.74) is 2.19. The molecule has 5 rings (SSSR count). The van der Waals surface area contributed by atoms with E-state index in [1.165, 1.54) is 28.7 Å². The molecule has 0 fully saturated rings. The van der Waals surface area contributed by atoms with Crippen LogP contribution in [0.3, 0.4) is 0 Å². The Hall–Kier alpha value is -4.51. The Morgan fingerprint density at radius 3 is 2.67 bits per heavy atom. The summed E-state index contributed by atoms with van der Waals surface area (Å²) in [4.78, 5) is 33.5. The number of amides is 1. The average molecular weight is 500 g/mol. The van der Waals surface area contributed by atoms with Gasteiger partial charge in [-0.2, -0.15) is 4.98 Å². The van der Waals surface area contributed by atoms with Crippen LogP contribution in [0.4, 0.5) is 17.3 Å². The third-order valence-electron chi connectivity index (χ3n) is 5.71. The van der Waals surface area contributed by atoms with Gasteiger partial charge in [0.05, 0.1) is 22.4 Å². The van der Waals surface area contributed by atoms with E-state index in [1.54, 1.807) is 36.5 Å². The molecule has 0 saturated carbocycles. The van der Waals surface area contributed by atoms with Gasteiger partial charge in [-0.1, -0.05) is 60.8 Å². The Morgan fingerprint density at radius 2 is 1.92 bits per heavy atom. The first-order valence-corrected chi connectivity index (χ1v) is 12.0. The molecule has 1 aliphatic rings. The molecular weight excluding hydrogens is 478 g/mol. The number of thioether (sulfide) groups is 1. The summed E-state index contributed by atoms with van der Waals surface area (Å²) < 4.78 is 1.54. The van der Waals surface area contributed by atoms with Crippen LogP contribution in [0.5, 0.6) is 0 Å². The Balaban J connectivity index is 1.54. The van der Waals surface area contributed by atoms with Crippen LogP contribution in [-0.4, -0.2) is 30.6 Å². The molecule has 2 atom stereocenters. The van der Waals surface area contributed by atoms with Crippen molar-refractivity contribution >= 4 is 35.0 Å². The summed E-state index contributed by atoms with van der Waals surface area (Å²) in [6.07, 6.45) is 3.12. The molecule has 10 nitrogen and oxygen atoms in total. The minimum absolute atomic E-state index is 0.115. The van der Waals surface area contributed by atoms with Crippen molar-refractivity contribution in [2.75, 3.05) is 10.6 Å². The second-order valence-corrected chi connectivity index (χ2v) is 9.00. The molecule has 0 bridgehead atoms. The largest absolute Gasteiger partial charge is 0.328 e. The Kier molecular flexibility index (Phi) is 6.46. The highest BCUT2D eigenvalue weighted by Crippen LogP contribution is 2.42. The highest BCUT2D eigenvalue weighted by Gasteiger charge is 2.42. The fraction of sp³-hybridized carbons (Fsp3) is 0.120. The maximum Gasteiger partial charge on any atom is 0.274 e. The molecule has 4 aromatic rings. The zero-order valence-corrected chi connectivity index (χ0v) is 19.8. The lowest BCUT2D eigenvalue weighted by atomic mass is 9.87. The van der Waals surface area contributed by atoms with Gasteiger partial charge in [0.15, 0.2) is 0 Å². The number of aromatic nitrogens is 4. The molecule has 2 aromatic carbocycles. The van der Waals surface area contributed by atoms with Crippen LogP contribution < -0.4 is 10.6 Å². The van der Waals surface area contributed by atoms with E-state index in [0.717, 1.165) is 5.56 Å². The normalized spacial score (nSPS) is 16.6. The van der Waals surface area contributed by atoms with Gasteiger partial charge in [-0.05, 0) is 23.8 Å². The van der Waals surface area contributed by atoms with Crippen molar-refractivity contribution in [3.8, 4) is 0 Å². The number of nitrogens with one attached hydrogen (secondary N) is 2. The molecule has 11 heteroatoms. The maximum atomic E-state index is 13.5. The number of nitro groups is 1. The summed E-state index contributed by atoms with van der Waals surface area (Å²) >= 11 is 1.43. The first-order valence-electron chi connectivity index (χ1n) is 11.0. The van der Waals surface area contributed by atoms with Gasteiger partial charge in [0.2, 0.25) is 17.0 Å². The number of hydrogen-bond acceptors (Lipinski definition) is 8. The lowest BCUT2D eigenvalue weighted by molar-refractivity contribution is -0.385. The van der Waals surface area contributed by atoms with Gasteiger partial charge in [0, 0.05) is 23.7 Å². The highest BCUT2D eigenvalue weighted by molar-refractivity contribution is 7.98. The lowest BCUT2D eigenvalue weighted by Crippen LogP contribution is -2.39. The van der Waals surface area contributed by atoms with Gasteiger partial charge in [0.25, 0.3) is 5.69 Å². The maximum absolute atomic E-state index is 13.5. The SMILES string of the molecule is C=C1Nc2nc(SCc3ccccc3)nn2C(c2ccccc2[N+](=O)[O-])C1C(=O)Nc1cccnc1. The minimum atomic E-state index is -0.910. The van der Waals surface area contributed by atoms with E-state index in [2.05, 4.69) is 32.3 Å². The standard InChI is InChI=1S/C25H21N7O3S/c1-16-21(23(33)28-18-10-7-13-26-14-18)22(19-11-5-6-12-20(19)32(34)35)31-24(27-16)29-25(30-31)36-15-17-8-3-2-4-9-17/h2-14,21-22H,1,15H2,(H,28,33)(H,27,29,30). The van der Waals surface area contributed by atoms with E-state index < -0.39 is 22.8 Å². The van der Waals surface area contributed by atoms with Crippen molar-refractivity contribution in [2.24, 2.45) is 5.92 Å². The molecular formula is C25H21N7O3S. The van der Waals surface area contributed by atoms with Gasteiger partial charge >= 0.3 is 0 Å². The van der Waals surface area contributed by atoms with E-state index in [1.807, 2.05) is 30.3 Å². The monoisotopic (exact) mass is 499 g/mol. The quantitative estimate of drug-likeness (QED) is 0.214. The van der Waals surface area contributed by atoms with Gasteiger partial charge in [-0.25, -0.2) is 4.68 Å². The summed E-state index contributed by atoms with van der Waals surface area (Å²) in [7, 11) is 0. The van der Waals surface area contributed by atoms with E-state index in [4.69, 9.17) is 0 Å². The molecule has 180 valence electrons. The van der Waals surface area contributed by atoms with Crippen LogP contribution in [0, 0.1) is 16.0 Å². The van der Waals surface area contributed by atoms with E-state index >= 15 is 0 Å². The summed E-state index contributed by atoms with van der Waals surface area (Å²) in [6.45, 7) is 4.06. The topological polar surface area (TPSA) is 128 Å². The van der Waals surface area contributed by atoms with Crippen LogP contribution in [0.1, 0.15) is 17.2 Å². The smallest absolute Gasteiger partial charge is 0.274 e. The first kappa shape index (κ1) is 23.2. The predicted molar refractivity (Wildman–Crippen MR) is 136 cm³/mol. The number of pyridine rings is 1. The number of hydrogen-bond donors (Lipinski definition) is 2. The number of rotatable bonds is 7. The van der Waals surface area contributed by atoms with Gasteiger partial charge < -0.3 is 10.6 Å². The number of nitro benzene ring substituents is 1. The van der Waals surface area contributed by atoms with Crippen molar-refractivity contribution in [1.29, 1.82) is 0 Å². The lowest BCUT2D eigenvalue weighted by Gasteiger charge is -2.33. The molecule has 1 aliphatic heterocycles. The average Bonchev–Trinajstić information content (AvgIpc) is 3.30. The fourth-order valence-corrected chi connectivity index (χ4v) is 4.88. The number of carbonyl (C=O) groups is 1. The van der Waals surface area contributed by atoms with Crippen molar-refractivity contribution in [2.45, 2.75) is 17.0 Å². The highest BCUT2D eigenvalue weighted by atomic mass is 32.2. The number of para-hydroxylation sites is 1. The van der Waals surface area contributed by atoms with Crippen molar-refractivity contribution in [1.82, 2.24) is 19.7 Å². The molecule has 3 heterocycles. The number of anilines is 2. The molecule has 36 heavy (non-hydrogen) atoms. The number of nitrogens with zero attached hydrogens (tertiary/aromatic N) is 5. The Bertz CT molecular complexity index is 1430. The Labute approximate surface area is 210 Å².